The summed E-state index contributed by atoms with van der Waals surface area (Å²) in [4.78, 5) is 11.5. The van der Waals surface area contributed by atoms with Crippen LogP contribution in [-0.4, -0.2) is 30.7 Å². The van der Waals surface area contributed by atoms with Gasteiger partial charge in [0, 0.05) is 18.1 Å². The number of carbonyl (C=O) groups is 1. The number of aliphatic hydroxyl groups excluding tert-OH is 1. The highest BCUT2D eigenvalue weighted by Gasteiger charge is 2.55. The number of carbonyl (C=O) groups excluding carboxylic acids is 1. The second-order valence-electron chi connectivity index (χ2n) is 8.90. The SMILES string of the molecule is CO[C@H]1C[C@@H]2C3=C(C(C)C)CC[C@]3(C)CC[C@@]2(C)[C@@H](O)C=C1C=O. The minimum Gasteiger partial charge on any atom is -0.388 e. The fourth-order valence-electron chi connectivity index (χ4n) is 5.54. The lowest BCUT2D eigenvalue weighted by molar-refractivity contribution is -0.106. The molecule has 3 nitrogen and oxygen atoms in total. The Labute approximate surface area is 146 Å². The molecule has 0 heterocycles. The first-order chi connectivity index (χ1) is 11.3. The van der Waals surface area contributed by atoms with E-state index in [1.807, 2.05) is 0 Å². The number of fused-ring (bicyclic) bond motifs is 3. The van der Waals surface area contributed by atoms with Crippen LogP contribution in [0.2, 0.25) is 0 Å². The van der Waals surface area contributed by atoms with Gasteiger partial charge in [0.2, 0.25) is 0 Å². The van der Waals surface area contributed by atoms with E-state index in [4.69, 9.17) is 4.74 Å². The molecule has 1 N–H and O–H groups in total. The maximum atomic E-state index is 11.5. The predicted molar refractivity (Wildman–Crippen MR) is 95.6 cm³/mol. The maximum absolute atomic E-state index is 11.5. The van der Waals surface area contributed by atoms with Gasteiger partial charge >= 0.3 is 0 Å². The van der Waals surface area contributed by atoms with Crippen molar-refractivity contribution in [3.8, 4) is 0 Å². The first kappa shape index (κ1) is 17.9. The summed E-state index contributed by atoms with van der Waals surface area (Å²) < 4.78 is 5.66. The van der Waals surface area contributed by atoms with Crippen LogP contribution in [-0.2, 0) is 9.53 Å². The predicted octanol–water partition coefficient (Wildman–Crippen LogP) is 4.06. The van der Waals surface area contributed by atoms with E-state index in [1.165, 1.54) is 12.8 Å². The van der Waals surface area contributed by atoms with Crippen molar-refractivity contribution in [3.05, 3.63) is 22.8 Å². The number of methoxy groups -OCH3 is 1. The van der Waals surface area contributed by atoms with Gasteiger partial charge in [-0.15, -0.1) is 0 Å². The Kier molecular flexibility index (Phi) is 4.55. The van der Waals surface area contributed by atoms with E-state index >= 15 is 0 Å². The number of aldehydes is 1. The molecule has 0 unspecified atom stereocenters. The van der Waals surface area contributed by atoms with Crippen LogP contribution < -0.4 is 0 Å². The van der Waals surface area contributed by atoms with E-state index in [1.54, 1.807) is 24.3 Å². The van der Waals surface area contributed by atoms with Gasteiger partial charge in [0.15, 0.2) is 0 Å². The van der Waals surface area contributed by atoms with Crippen LogP contribution >= 0.6 is 0 Å². The molecule has 0 radical (unpaired) electrons. The average Bonchev–Trinajstić information content (AvgIpc) is 2.85. The number of allylic oxidation sites excluding steroid dienone is 2. The maximum Gasteiger partial charge on any atom is 0.148 e. The van der Waals surface area contributed by atoms with Crippen LogP contribution in [0.25, 0.3) is 0 Å². The van der Waals surface area contributed by atoms with Gasteiger partial charge in [0.25, 0.3) is 0 Å². The van der Waals surface area contributed by atoms with E-state index in [-0.39, 0.29) is 22.9 Å². The van der Waals surface area contributed by atoms with Crippen LogP contribution in [0.4, 0.5) is 0 Å². The summed E-state index contributed by atoms with van der Waals surface area (Å²) in [7, 11) is 1.67. The molecular weight excluding hydrogens is 300 g/mol. The molecule has 3 aliphatic rings. The monoisotopic (exact) mass is 332 g/mol. The fourth-order valence-corrected chi connectivity index (χ4v) is 5.54. The Bertz CT molecular complexity index is 588. The van der Waals surface area contributed by atoms with Crippen molar-refractivity contribution in [2.75, 3.05) is 7.11 Å². The highest BCUT2D eigenvalue weighted by atomic mass is 16.5. The normalized spacial score (nSPS) is 42.5. The topological polar surface area (TPSA) is 46.5 Å². The minimum atomic E-state index is -0.589. The van der Waals surface area contributed by atoms with Crippen LogP contribution in [0, 0.1) is 22.7 Å². The lowest BCUT2D eigenvalue weighted by Crippen LogP contribution is -2.46. The molecule has 1 saturated carbocycles. The number of hydrogen-bond acceptors (Lipinski definition) is 3. The van der Waals surface area contributed by atoms with Gasteiger partial charge in [0.1, 0.15) is 6.29 Å². The lowest BCUT2D eigenvalue weighted by atomic mass is 9.54. The van der Waals surface area contributed by atoms with Gasteiger partial charge in [-0.3, -0.25) is 4.79 Å². The van der Waals surface area contributed by atoms with E-state index in [0.717, 1.165) is 25.5 Å². The largest absolute Gasteiger partial charge is 0.388 e. The fraction of sp³-hybridized carbons (Fsp3) is 0.762. The zero-order chi connectivity index (χ0) is 17.7. The number of aliphatic hydroxyl groups is 1. The van der Waals surface area contributed by atoms with Crippen molar-refractivity contribution in [1.82, 2.24) is 0 Å². The summed E-state index contributed by atoms with van der Waals surface area (Å²) in [5.41, 5.74) is 3.82. The van der Waals surface area contributed by atoms with Crippen molar-refractivity contribution in [3.63, 3.8) is 0 Å². The van der Waals surface area contributed by atoms with Crippen LogP contribution in [0.5, 0.6) is 0 Å². The number of ether oxygens (including phenoxy) is 1. The molecule has 0 saturated heterocycles. The molecule has 0 spiro atoms. The summed E-state index contributed by atoms with van der Waals surface area (Å²) in [6.45, 7) is 9.19. The van der Waals surface area contributed by atoms with Crippen molar-refractivity contribution in [2.24, 2.45) is 22.7 Å². The summed E-state index contributed by atoms with van der Waals surface area (Å²) in [6, 6.07) is 0. The first-order valence-electron chi connectivity index (χ1n) is 9.38. The lowest BCUT2D eigenvalue weighted by Gasteiger charge is -2.51. The van der Waals surface area contributed by atoms with Crippen molar-refractivity contribution < 1.29 is 14.6 Å². The smallest absolute Gasteiger partial charge is 0.148 e. The molecule has 0 bridgehead atoms. The molecule has 0 aliphatic heterocycles. The summed E-state index contributed by atoms with van der Waals surface area (Å²) in [6.07, 6.45) is 7.16. The van der Waals surface area contributed by atoms with Crippen LogP contribution in [0.15, 0.2) is 22.8 Å². The van der Waals surface area contributed by atoms with E-state index in [0.29, 0.717) is 11.5 Å². The van der Waals surface area contributed by atoms with Gasteiger partial charge in [-0.2, -0.15) is 0 Å². The summed E-state index contributed by atoms with van der Waals surface area (Å²) in [5.74, 6) is 0.828. The van der Waals surface area contributed by atoms with Crippen LogP contribution in [0.1, 0.15) is 59.8 Å². The van der Waals surface area contributed by atoms with Crippen molar-refractivity contribution in [2.45, 2.75) is 72.0 Å². The number of rotatable bonds is 3. The zero-order valence-corrected chi connectivity index (χ0v) is 15.8. The second-order valence-corrected chi connectivity index (χ2v) is 8.90. The quantitative estimate of drug-likeness (QED) is 0.626. The van der Waals surface area contributed by atoms with Gasteiger partial charge in [-0.25, -0.2) is 0 Å². The van der Waals surface area contributed by atoms with E-state index < -0.39 is 6.10 Å². The highest BCUT2D eigenvalue weighted by Crippen LogP contribution is 2.63. The Balaban J connectivity index is 2.13. The Morgan fingerprint density at radius 3 is 2.58 bits per heavy atom. The second kappa shape index (κ2) is 6.10. The molecule has 134 valence electrons. The van der Waals surface area contributed by atoms with Crippen molar-refractivity contribution in [1.29, 1.82) is 0 Å². The van der Waals surface area contributed by atoms with Gasteiger partial charge < -0.3 is 9.84 Å². The molecule has 0 aromatic rings. The Morgan fingerprint density at radius 2 is 2.00 bits per heavy atom. The molecule has 1 fully saturated rings. The molecular formula is C21H32O3. The summed E-state index contributed by atoms with van der Waals surface area (Å²) >= 11 is 0. The van der Waals surface area contributed by atoms with E-state index in [2.05, 4.69) is 27.7 Å². The molecule has 3 heteroatoms. The first-order valence-corrected chi connectivity index (χ1v) is 9.38. The molecule has 3 aliphatic carbocycles. The average molecular weight is 332 g/mol. The Hall–Kier alpha value is -0.930. The van der Waals surface area contributed by atoms with Gasteiger partial charge in [0.05, 0.1) is 12.2 Å². The molecule has 0 aromatic carbocycles. The summed E-state index contributed by atoms with van der Waals surface area (Å²) in [5, 5.41) is 11.0. The minimum absolute atomic E-state index is 0.207. The third kappa shape index (κ3) is 2.52. The van der Waals surface area contributed by atoms with Gasteiger partial charge in [-0.05, 0) is 55.4 Å². The van der Waals surface area contributed by atoms with Gasteiger partial charge in [-0.1, -0.05) is 38.8 Å². The molecule has 5 atom stereocenters. The molecule has 0 amide bonds. The molecule has 0 aromatic heterocycles. The number of hydrogen-bond donors (Lipinski definition) is 1. The highest BCUT2D eigenvalue weighted by molar-refractivity contribution is 5.75. The third-order valence-electron chi connectivity index (χ3n) is 7.27. The zero-order valence-electron chi connectivity index (χ0n) is 15.8. The van der Waals surface area contributed by atoms with Crippen LogP contribution in [0.3, 0.4) is 0 Å². The Morgan fingerprint density at radius 1 is 1.29 bits per heavy atom. The molecule has 3 rings (SSSR count). The van der Waals surface area contributed by atoms with E-state index in [9.17, 15) is 9.90 Å². The van der Waals surface area contributed by atoms with Crippen molar-refractivity contribution >= 4 is 6.29 Å². The third-order valence-corrected chi connectivity index (χ3v) is 7.27. The molecule has 24 heavy (non-hydrogen) atoms. The standard InChI is InChI=1S/C21H32O3/c1-13(2)15-6-7-20(3)8-9-21(4)16(19(15)20)11-17(24-5)14(12-22)10-18(21)23/h10,12-13,16-18,23H,6-9,11H2,1-5H3/t16-,17+,18+,20-,21-/m1/s1.